The Balaban J connectivity index is 1.66. The van der Waals surface area contributed by atoms with Crippen LogP contribution in [-0.2, 0) is 20.0 Å². The van der Waals surface area contributed by atoms with Crippen LogP contribution in [0.15, 0.2) is 30.3 Å². The molecule has 0 N–H and O–H groups in total. The van der Waals surface area contributed by atoms with Crippen molar-refractivity contribution in [1.29, 1.82) is 0 Å². The maximum Gasteiger partial charge on any atom is 0.218 e. The summed E-state index contributed by atoms with van der Waals surface area (Å²) in [6, 6.07) is 10.3. The molecule has 1 saturated heterocycles. The summed E-state index contributed by atoms with van der Waals surface area (Å²) in [5.74, 6) is 1.01. The van der Waals surface area contributed by atoms with Gasteiger partial charge in [0.2, 0.25) is 6.29 Å². The third-order valence-electron chi connectivity index (χ3n) is 4.27. The Kier molecular flexibility index (Phi) is 8.86. The van der Waals surface area contributed by atoms with Gasteiger partial charge in [0.15, 0.2) is 5.78 Å². The Morgan fingerprint density at radius 2 is 2.04 bits per heavy atom. The van der Waals surface area contributed by atoms with Crippen LogP contribution in [0.25, 0.3) is 0 Å². The number of ether oxygens (including phenoxy) is 2. The fourth-order valence-corrected chi connectivity index (χ4v) is 3.89. The molecule has 1 aliphatic rings. The SMILES string of the molecule is CCCCCC[C@H](C)O[C@H]1OC[C@@H](SCc2ccccc2)CC1=O. The lowest BCUT2D eigenvalue weighted by Gasteiger charge is -2.29. The number of hydrogen-bond donors (Lipinski definition) is 0. The largest absolute Gasteiger partial charge is 0.345 e. The van der Waals surface area contributed by atoms with Crippen LogP contribution >= 0.6 is 11.8 Å². The van der Waals surface area contributed by atoms with E-state index in [1.807, 2.05) is 25.1 Å². The molecule has 1 aromatic carbocycles. The molecule has 134 valence electrons. The molecule has 24 heavy (non-hydrogen) atoms. The average Bonchev–Trinajstić information content (AvgIpc) is 2.60. The molecular weight excluding hydrogens is 320 g/mol. The van der Waals surface area contributed by atoms with E-state index in [-0.39, 0.29) is 17.1 Å². The second kappa shape index (κ2) is 10.9. The zero-order valence-corrected chi connectivity index (χ0v) is 15.7. The van der Waals surface area contributed by atoms with E-state index in [0.717, 1.165) is 18.6 Å². The molecule has 3 atom stereocenters. The third kappa shape index (κ3) is 6.96. The minimum absolute atomic E-state index is 0.0873. The maximum atomic E-state index is 12.3. The first-order valence-corrected chi connectivity index (χ1v) is 10.2. The maximum absolute atomic E-state index is 12.3. The summed E-state index contributed by atoms with van der Waals surface area (Å²) in [5, 5.41) is 0.234. The highest BCUT2D eigenvalue weighted by Crippen LogP contribution is 2.26. The van der Waals surface area contributed by atoms with Gasteiger partial charge >= 0.3 is 0 Å². The van der Waals surface area contributed by atoms with Crippen molar-refractivity contribution in [3.05, 3.63) is 35.9 Å². The lowest BCUT2D eigenvalue weighted by atomic mass is 10.1. The first-order valence-electron chi connectivity index (χ1n) is 9.14. The lowest BCUT2D eigenvalue weighted by Crippen LogP contribution is -2.40. The molecule has 0 radical (unpaired) electrons. The zero-order valence-electron chi connectivity index (χ0n) is 14.9. The molecule has 0 bridgehead atoms. The van der Waals surface area contributed by atoms with Crippen molar-refractivity contribution in [2.75, 3.05) is 6.61 Å². The van der Waals surface area contributed by atoms with Crippen LogP contribution in [0, 0.1) is 0 Å². The summed E-state index contributed by atoms with van der Waals surface area (Å²) in [4.78, 5) is 12.3. The highest BCUT2D eigenvalue weighted by molar-refractivity contribution is 7.99. The van der Waals surface area contributed by atoms with E-state index in [0.29, 0.717) is 13.0 Å². The van der Waals surface area contributed by atoms with Crippen LogP contribution in [0.3, 0.4) is 0 Å². The van der Waals surface area contributed by atoms with Crippen molar-refractivity contribution in [3.8, 4) is 0 Å². The molecule has 3 nitrogen and oxygen atoms in total. The van der Waals surface area contributed by atoms with Crippen molar-refractivity contribution < 1.29 is 14.3 Å². The number of ketones is 1. The van der Waals surface area contributed by atoms with Crippen molar-refractivity contribution in [1.82, 2.24) is 0 Å². The number of carbonyl (C=O) groups excluding carboxylic acids is 1. The van der Waals surface area contributed by atoms with Crippen LogP contribution in [0.5, 0.6) is 0 Å². The number of rotatable bonds is 10. The van der Waals surface area contributed by atoms with E-state index < -0.39 is 6.29 Å². The molecule has 1 heterocycles. The molecule has 0 unspecified atom stereocenters. The molecule has 1 aromatic rings. The Hall–Kier alpha value is -0.840. The minimum atomic E-state index is -0.653. The Labute approximate surface area is 150 Å². The summed E-state index contributed by atoms with van der Waals surface area (Å²) in [7, 11) is 0. The van der Waals surface area contributed by atoms with Gasteiger partial charge in [-0.2, -0.15) is 11.8 Å². The molecule has 0 aliphatic carbocycles. The highest BCUT2D eigenvalue weighted by atomic mass is 32.2. The standard InChI is InChI=1S/C20H30O3S/c1-3-4-5-7-10-16(2)23-20-19(21)13-18(14-22-20)24-15-17-11-8-6-9-12-17/h6,8-9,11-12,16,18,20H,3-5,7,10,13-15H2,1-2H3/t16-,18-,20+/m0/s1. The Bertz CT molecular complexity index is 477. The van der Waals surface area contributed by atoms with Crippen LogP contribution < -0.4 is 0 Å². The number of thioether (sulfide) groups is 1. The van der Waals surface area contributed by atoms with E-state index >= 15 is 0 Å². The van der Waals surface area contributed by atoms with Crippen molar-refractivity contribution in [2.45, 2.75) is 75.8 Å². The van der Waals surface area contributed by atoms with Crippen molar-refractivity contribution >= 4 is 17.5 Å². The number of unbranched alkanes of at least 4 members (excludes halogenated alkanes) is 3. The molecule has 1 aliphatic heterocycles. The van der Waals surface area contributed by atoms with Crippen molar-refractivity contribution in [2.24, 2.45) is 0 Å². The van der Waals surface area contributed by atoms with Gasteiger partial charge in [-0.25, -0.2) is 0 Å². The third-order valence-corrected chi connectivity index (χ3v) is 5.55. The number of hydrogen-bond acceptors (Lipinski definition) is 4. The van der Waals surface area contributed by atoms with Gasteiger partial charge < -0.3 is 9.47 Å². The first kappa shape index (κ1) is 19.5. The van der Waals surface area contributed by atoms with Gasteiger partial charge in [-0.3, -0.25) is 4.79 Å². The first-order chi connectivity index (χ1) is 11.7. The van der Waals surface area contributed by atoms with E-state index in [9.17, 15) is 4.79 Å². The van der Waals surface area contributed by atoms with E-state index in [4.69, 9.17) is 9.47 Å². The monoisotopic (exact) mass is 350 g/mol. The normalized spacial score (nSPS) is 22.5. The summed E-state index contributed by atoms with van der Waals surface area (Å²) in [6.07, 6.45) is 5.88. The smallest absolute Gasteiger partial charge is 0.218 e. The number of carbonyl (C=O) groups is 1. The summed E-state index contributed by atoms with van der Waals surface area (Å²) >= 11 is 1.79. The van der Waals surface area contributed by atoms with Crippen LogP contribution in [0.2, 0.25) is 0 Å². The molecule has 4 heteroatoms. The Morgan fingerprint density at radius 1 is 1.25 bits per heavy atom. The second-order valence-corrected chi connectivity index (χ2v) is 7.84. The van der Waals surface area contributed by atoms with Gasteiger partial charge in [0.05, 0.1) is 12.7 Å². The number of benzene rings is 1. The van der Waals surface area contributed by atoms with Gasteiger partial charge in [-0.05, 0) is 18.9 Å². The molecule has 2 rings (SSSR count). The Morgan fingerprint density at radius 3 is 2.75 bits per heavy atom. The van der Waals surface area contributed by atoms with E-state index in [1.165, 1.54) is 24.8 Å². The van der Waals surface area contributed by atoms with Crippen LogP contribution in [-0.4, -0.2) is 30.0 Å². The van der Waals surface area contributed by atoms with E-state index in [2.05, 4.69) is 19.1 Å². The van der Waals surface area contributed by atoms with Gasteiger partial charge in [-0.1, -0.05) is 62.9 Å². The van der Waals surface area contributed by atoms with E-state index in [1.54, 1.807) is 11.8 Å². The molecular formula is C20H30O3S. The molecule has 0 amide bonds. The minimum Gasteiger partial charge on any atom is -0.345 e. The van der Waals surface area contributed by atoms with Crippen LogP contribution in [0.4, 0.5) is 0 Å². The second-order valence-electron chi connectivity index (χ2n) is 6.55. The fraction of sp³-hybridized carbons (Fsp3) is 0.650. The average molecular weight is 351 g/mol. The predicted octanol–water partition coefficient (Wildman–Crippen LogP) is 4.98. The highest BCUT2D eigenvalue weighted by Gasteiger charge is 2.31. The van der Waals surface area contributed by atoms with Crippen LogP contribution in [0.1, 0.15) is 57.9 Å². The quantitative estimate of drug-likeness (QED) is 0.558. The van der Waals surface area contributed by atoms with Gasteiger partial charge in [0.1, 0.15) is 0 Å². The molecule has 0 aromatic heterocycles. The topological polar surface area (TPSA) is 35.5 Å². The zero-order chi connectivity index (χ0) is 17.2. The summed E-state index contributed by atoms with van der Waals surface area (Å²) < 4.78 is 11.5. The molecule has 1 fully saturated rings. The van der Waals surface area contributed by atoms with Gasteiger partial charge in [0, 0.05) is 17.4 Å². The fourth-order valence-electron chi connectivity index (χ4n) is 2.82. The lowest BCUT2D eigenvalue weighted by molar-refractivity contribution is -0.190. The summed E-state index contributed by atoms with van der Waals surface area (Å²) in [6.45, 7) is 4.84. The molecule has 0 saturated carbocycles. The van der Waals surface area contributed by atoms with Crippen molar-refractivity contribution in [3.63, 3.8) is 0 Å². The number of Topliss-reactive ketones (excluding diaryl/α,β-unsaturated/α-hetero) is 1. The van der Waals surface area contributed by atoms with Gasteiger partial charge in [0.25, 0.3) is 0 Å². The molecule has 0 spiro atoms. The summed E-state index contributed by atoms with van der Waals surface area (Å²) in [5.41, 5.74) is 1.29. The van der Waals surface area contributed by atoms with Gasteiger partial charge in [-0.15, -0.1) is 0 Å². The predicted molar refractivity (Wildman–Crippen MR) is 100 cm³/mol.